The Morgan fingerprint density at radius 3 is 2.46 bits per heavy atom. The first-order valence-electron chi connectivity index (χ1n) is 7.84. The summed E-state index contributed by atoms with van der Waals surface area (Å²) in [6.45, 7) is 0.189. The van der Waals surface area contributed by atoms with Gasteiger partial charge in [-0.25, -0.2) is 5.10 Å². The SMILES string of the molecule is NC(=O)CCOc1ccc(NC(=O)c2n[nH]c(=O)c3ccccc23)cc1. The number of benzene rings is 2. The van der Waals surface area contributed by atoms with Crippen molar-refractivity contribution >= 4 is 28.3 Å². The van der Waals surface area contributed by atoms with Crippen molar-refractivity contribution in [3.63, 3.8) is 0 Å². The van der Waals surface area contributed by atoms with Crippen molar-refractivity contribution in [2.45, 2.75) is 6.42 Å². The van der Waals surface area contributed by atoms with Gasteiger partial charge in [-0.3, -0.25) is 14.4 Å². The van der Waals surface area contributed by atoms with Gasteiger partial charge in [0.25, 0.3) is 11.5 Å². The summed E-state index contributed by atoms with van der Waals surface area (Å²) in [6, 6.07) is 13.4. The van der Waals surface area contributed by atoms with Crippen LogP contribution in [0.1, 0.15) is 16.9 Å². The monoisotopic (exact) mass is 352 g/mol. The molecule has 0 fully saturated rings. The molecule has 0 saturated carbocycles. The van der Waals surface area contributed by atoms with E-state index in [2.05, 4.69) is 15.5 Å². The summed E-state index contributed by atoms with van der Waals surface area (Å²) < 4.78 is 5.37. The second-order valence-corrected chi connectivity index (χ2v) is 5.49. The zero-order valence-corrected chi connectivity index (χ0v) is 13.7. The average molecular weight is 352 g/mol. The molecule has 0 spiro atoms. The van der Waals surface area contributed by atoms with Crippen LogP contribution in [0, 0.1) is 0 Å². The van der Waals surface area contributed by atoms with Gasteiger partial charge in [-0.2, -0.15) is 5.10 Å². The second kappa shape index (κ2) is 7.47. The van der Waals surface area contributed by atoms with Crippen LogP contribution in [0.3, 0.4) is 0 Å². The minimum absolute atomic E-state index is 0.127. The van der Waals surface area contributed by atoms with Crippen molar-refractivity contribution in [2.24, 2.45) is 5.73 Å². The number of primary amides is 1. The first-order chi connectivity index (χ1) is 12.5. The lowest BCUT2D eigenvalue weighted by Gasteiger charge is -2.08. The predicted octanol–water partition coefficient (Wildman–Crippen LogP) is 1.43. The quantitative estimate of drug-likeness (QED) is 0.618. The highest BCUT2D eigenvalue weighted by Crippen LogP contribution is 2.18. The highest BCUT2D eigenvalue weighted by molar-refractivity contribution is 6.11. The molecule has 132 valence electrons. The summed E-state index contributed by atoms with van der Waals surface area (Å²) in [7, 11) is 0. The van der Waals surface area contributed by atoms with Gasteiger partial charge in [0.15, 0.2) is 5.69 Å². The van der Waals surface area contributed by atoms with Gasteiger partial charge in [0.05, 0.1) is 18.4 Å². The smallest absolute Gasteiger partial charge is 0.276 e. The number of rotatable bonds is 6. The highest BCUT2D eigenvalue weighted by Gasteiger charge is 2.14. The lowest BCUT2D eigenvalue weighted by molar-refractivity contribution is -0.118. The summed E-state index contributed by atoms with van der Waals surface area (Å²) in [4.78, 5) is 35.0. The summed E-state index contributed by atoms with van der Waals surface area (Å²) >= 11 is 0. The van der Waals surface area contributed by atoms with Crippen LogP contribution in [-0.2, 0) is 4.79 Å². The number of hydrogen-bond donors (Lipinski definition) is 3. The number of nitrogens with two attached hydrogens (primary N) is 1. The Labute approximate surface area is 148 Å². The number of H-pyrrole nitrogens is 1. The zero-order valence-electron chi connectivity index (χ0n) is 13.7. The largest absolute Gasteiger partial charge is 0.493 e. The third-order valence-corrected chi connectivity index (χ3v) is 3.64. The van der Waals surface area contributed by atoms with Crippen LogP contribution in [0.25, 0.3) is 10.8 Å². The van der Waals surface area contributed by atoms with Crippen molar-refractivity contribution < 1.29 is 14.3 Å². The number of nitrogens with zero attached hydrogens (tertiary/aromatic N) is 1. The molecule has 1 aromatic heterocycles. The maximum atomic E-state index is 12.5. The van der Waals surface area contributed by atoms with E-state index >= 15 is 0 Å². The number of carbonyl (C=O) groups is 2. The maximum absolute atomic E-state index is 12.5. The molecule has 0 aliphatic rings. The molecule has 3 rings (SSSR count). The highest BCUT2D eigenvalue weighted by atomic mass is 16.5. The van der Waals surface area contributed by atoms with E-state index in [1.807, 2.05) is 0 Å². The van der Waals surface area contributed by atoms with E-state index in [9.17, 15) is 14.4 Å². The number of carbonyl (C=O) groups excluding carboxylic acids is 2. The number of fused-ring (bicyclic) bond motifs is 1. The first-order valence-corrected chi connectivity index (χ1v) is 7.84. The van der Waals surface area contributed by atoms with Gasteiger partial charge in [0, 0.05) is 11.1 Å². The minimum Gasteiger partial charge on any atom is -0.493 e. The van der Waals surface area contributed by atoms with Gasteiger partial charge in [-0.1, -0.05) is 18.2 Å². The number of amides is 2. The molecule has 0 radical (unpaired) electrons. The van der Waals surface area contributed by atoms with Crippen molar-refractivity contribution in [3.8, 4) is 5.75 Å². The molecular formula is C18H16N4O4. The lowest BCUT2D eigenvalue weighted by atomic mass is 10.1. The van der Waals surface area contributed by atoms with Gasteiger partial charge in [0.1, 0.15) is 5.75 Å². The molecule has 0 aliphatic heterocycles. The van der Waals surface area contributed by atoms with Crippen molar-refractivity contribution in [3.05, 3.63) is 64.6 Å². The number of aromatic nitrogens is 2. The Hall–Kier alpha value is -3.68. The van der Waals surface area contributed by atoms with Crippen LogP contribution >= 0.6 is 0 Å². The number of hydrogen-bond acceptors (Lipinski definition) is 5. The molecular weight excluding hydrogens is 336 g/mol. The normalized spacial score (nSPS) is 10.5. The van der Waals surface area contributed by atoms with E-state index < -0.39 is 11.8 Å². The van der Waals surface area contributed by atoms with E-state index in [4.69, 9.17) is 10.5 Å². The molecule has 0 aliphatic carbocycles. The predicted molar refractivity (Wildman–Crippen MR) is 96.1 cm³/mol. The summed E-state index contributed by atoms with van der Waals surface area (Å²) in [5.41, 5.74) is 5.36. The van der Waals surface area contributed by atoms with E-state index in [0.717, 1.165) is 0 Å². The Bertz CT molecular complexity index is 1010. The van der Waals surface area contributed by atoms with Crippen LogP contribution in [0.4, 0.5) is 5.69 Å². The standard InChI is InChI=1S/C18H16N4O4/c19-15(23)9-10-26-12-7-5-11(6-8-12)20-18(25)16-13-3-1-2-4-14(13)17(24)22-21-16/h1-8H,9-10H2,(H2,19,23)(H,20,25)(H,22,24). The molecule has 8 heteroatoms. The molecule has 3 aromatic rings. The van der Waals surface area contributed by atoms with E-state index in [1.54, 1.807) is 48.5 Å². The molecule has 2 aromatic carbocycles. The Morgan fingerprint density at radius 1 is 1.08 bits per heavy atom. The third-order valence-electron chi connectivity index (χ3n) is 3.64. The van der Waals surface area contributed by atoms with Crippen LogP contribution in [0.15, 0.2) is 53.3 Å². The van der Waals surface area contributed by atoms with Crippen LogP contribution in [0.5, 0.6) is 5.75 Å². The van der Waals surface area contributed by atoms with Crippen molar-refractivity contribution in [2.75, 3.05) is 11.9 Å². The number of nitrogens with one attached hydrogen (secondary N) is 2. The Kier molecular flexibility index (Phi) is 4.93. The van der Waals surface area contributed by atoms with Crippen molar-refractivity contribution in [1.29, 1.82) is 0 Å². The van der Waals surface area contributed by atoms with Crippen LogP contribution < -0.4 is 21.3 Å². The van der Waals surface area contributed by atoms with Gasteiger partial charge < -0.3 is 15.8 Å². The Balaban J connectivity index is 1.73. The summed E-state index contributed by atoms with van der Waals surface area (Å²) in [6.07, 6.45) is 0.128. The third kappa shape index (κ3) is 3.86. The van der Waals surface area contributed by atoms with Crippen LogP contribution in [0.2, 0.25) is 0 Å². The average Bonchev–Trinajstić information content (AvgIpc) is 2.63. The fourth-order valence-corrected chi connectivity index (χ4v) is 2.38. The van der Waals surface area contributed by atoms with Crippen molar-refractivity contribution in [1.82, 2.24) is 10.2 Å². The van der Waals surface area contributed by atoms with E-state index in [-0.39, 0.29) is 24.3 Å². The minimum atomic E-state index is -0.445. The number of anilines is 1. The van der Waals surface area contributed by atoms with E-state index in [1.165, 1.54) is 0 Å². The molecule has 0 saturated heterocycles. The van der Waals surface area contributed by atoms with Gasteiger partial charge in [-0.15, -0.1) is 0 Å². The van der Waals surface area contributed by atoms with Gasteiger partial charge in [-0.05, 0) is 30.3 Å². The fourth-order valence-electron chi connectivity index (χ4n) is 2.38. The lowest BCUT2D eigenvalue weighted by Crippen LogP contribution is -2.19. The van der Waals surface area contributed by atoms with Gasteiger partial charge >= 0.3 is 0 Å². The number of ether oxygens (including phenoxy) is 1. The van der Waals surface area contributed by atoms with Gasteiger partial charge in [0.2, 0.25) is 5.91 Å². The summed E-state index contributed by atoms with van der Waals surface area (Å²) in [5.74, 6) is -0.328. The molecule has 26 heavy (non-hydrogen) atoms. The first kappa shape index (κ1) is 17.2. The molecule has 0 bridgehead atoms. The summed E-state index contributed by atoms with van der Waals surface area (Å²) in [5, 5.41) is 9.77. The molecule has 1 heterocycles. The van der Waals surface area contributed by atoms with Crippen LogP contribution in [-0.4, -0.2) is 28.6 Å². The van der Waals surface area contributed by atoms with E-state index in [0.29, 0.717) is 22.2 Å². The zero-order chi connectivity index (χ0) is 18.5. The topological polar surface area (TPSA) is 127 Å². The molecule has 2 amide bonds. The number of aromatic amines is 1. The molecule has 0 unspecified atom stereocenters. The molecule has 0 atom stereocenters. The Morgan fingerprint density at radius 2 is 1.77 bits per heavy atom. The molecule has 4 N–H and O–H groups in total. The fraction of sp³-hybridized carbons (Fsp3) is 0.111. The maximum Gasteiger partial charge on any atom is 0.276 e. The molecule has 8 nitrogen and oxygen atoms in total. The second-order valence-electron chi connectivity index (χ2n) is 5.49.